The SMILES string of the molecule is [2H]C([2H])(O)[C@@H]1CN(C(=O)OC(C)(C)C)CC[C@H]1c1ccc(F)cc1. The van der Waals surface area contributed by atoms with Crippen LogP contribution in [0.4, 0.5) is 9.18 Å². The molecule has 122 valence electrons. The molecule has 1 amide bonds. The highest BCUT2D eigenvalue weighted by Crippen LogP contribution is 2.33. The number of benzene rings is 1. The summed E-state index contributed by atoms with van der Waals surface area (Å²) >= 11 is 0. The second-order valence-electron chi connectivity index (χ2n) is 6.61. The van der Waals surface area contributed by atoms with Crippen LogP contribution in [0.1, 0.15) is 41.4 Å². The van der Waals surface area contributed by atoms with Crippen LogP contribution in [0.5, 0.6) is 0 Å². The zero-order chi connectivity index (χ0) is 18.1. The van der Waals surface area contributed by atoms with Gasteiger partial charge in [0.15, 0.2) is 0 Å². The van der Waals surface area contributed by atoms with Crippen molar-refractivity contribution in [1.82, 2.24) is 4.90 Å². The van der Waals surface area contributed by atoms with Crippen LogP contribution in [0.2, 0.25) is 0 Å². The molecule has 0 aliphatic carbocycles. The van der Waals surface area contributed by atoms with Crippen LogP contribution in [0.3, 0.4) is 0 Å². The normalized spacial score (nSPS) is 24.5. The van der Waals surface area contributed by atoms with Gasteiger partial charge in [0.1, 0.15) is 11.4 Å². The van der Waals surface area contributed by atoms with Crippen LogP contribution < -0.4 is 0 Å². The summed E-state index contributed by atoms with van der Waals surface area (Å²) in [5.41, 5.74) is 0.113. The average molecular weight is 311 g/mol. The van der Waals surface area contributed by atoms with Crippen molar-refractivity contribution in [3.05, 3.63) is 35.6 Å². The molecule has 0 saturated carbocycles. The molecule has 0 bridgehead atoms. The Morgan fingerprint density at radius 3 is 2.64 bits per heavy atom. The predicted molar refractivity (Wildman–Crippen MR) is 82.1 cm³/mol. The molecule has 0 spiro atoms. The molecule has 1 aliphatic heterocycles. The molecule has 4 nitrogen and oxygen atoms in total. The van der Waals surface area contributed by atoms with Gasteiger partial charge in [-0.05, 0) is 50.8 Å². The molecule has 2 rings (SSSR count). The summed E-state index contributed by atoms with van der Waals surface area (Å²) in [7, 11) is 0. The first-order valence-electron chi connectivity index (χ1n) is 8.43. The summed E-state index contributed by atoms with van der Waals surface area (Å²) in [6, 6.07) is 5.84. The summed E-state index contributed by atoms with van der Waals surface area (Å²) in [4.78, 5) is 13.6. The Morgan fingerprint density at radius 1 is 1.45 bits per heavy atom. The summed E-state index contributed by atoms with van der Waals surface area (Å²) in [5.74, 6) is -1.48. The zero-order valence-corrected chi connectivity index (χ0v) is 13.2. The first-order chi connectivity index (χ1) is 11.0. The first-order valence-corrected chi connectivity index (χ1v) is 7.43. The van der Waals surface area contributed by atoms with Crippen LogP contribution in [0, 0.1) is 11.7 Å². The van der Waals surface area contributed by atoms with Crippen molar-refractivity contribution in [3.63, 3.8) is 0 Å². The number of piperidine rings is 1. The van der Waals surface area contributed by atoms with Gasteiger partial charge in [-0.2, -0.15) is 0 Å². The Morgan fingerprint density at radius 2 is 2.09 bits per heavy atom. The van der Waals surface area contributed by atoms with Crippen LogP contribution in [0.25, 0.3) is 0 Å². The number of rotatable bonds is 2. The van der Waals surface area contributed by atoms with Crippen LogP contribution in [-0.4, -0.2) is 41.3 Å². The maximum Gasteiger partial charge on any atom is 0.410 e. The van der Waals surface area contributed by atoms with Gasteiger partial charge in [0, 0.05) is 25.6 Å². The molecule has 1 heterocycles. The Labute approximate surface area is 133 Å². The van der Waals surface area contributed by atoms with E-state index in [9.17, 15) is 14.3 Å². The second-order valence-corrected chi connectivity index (χ2v) is 6.61. The molecule has 2 atom stereocenters. The van der Waals surface area contributed by atoms with E-state index in [-0.39, 0.29) is 18.3 Å². The Bertz CT molecular complexity index is 581. The van der Waals surface area contributed by atoms with Crippen molar-refractivity contribution in [2.75, 3.05) is 19.6 Å². The molecule has 1 aromatic carbocycles. The number of hydrogen-bond donors (Lipinski definition) is 1. The molecule has 1 fully saturated rings. The topological polar surface area (TPSA) is 49.8 Å². The number of ether oxygens (including phenoxy) is 1. The number of halogens is 1. The van der Waals surface area contributed by atoms with E-state index < -0.39 is 24.2 Å². The van der Waals surface area contributed by atoms with E-state index in [2.05, 4.69) is 0 Å². The van der Waals surface area contributed by atoms with Crippen LogP contribution in [-0.2, 0) is 4.74 Å². The van der Waals surface area contributed by atoms with Gasteiger partial charge in [-0.1, -0.05) is 12.1 Å². The van der Waals surface area contributed by atoms with Gasteiger partial charge in [-0.15, -0.1) is 0 Å². The van der Waals surface area contributed by atoms with Gasteiger partial charge in [-0.25, -0.2) is 9.18 Å². The van der Waals surface area contributed by atoms with E-state index >= 15 is 0 Å². The van der Waals surface area contributed by atoms with Crippen LogP contribution >= 0.6 is 0 Å². The lowest BCUT2D eigenvalue weighted by Gasteiger charge is -2.38. The predicted octanol–water partition coefficient (Wildman–Crippen LogP) is 3.16. The summed E-state index contributed by atoms with van der Waals surface area (Å²) in [5, 5.41) is 9.94. The van der Waals surface area contributed by atoms with E-state index in [1.165, 1.54) is 17.0 Å². The summed E-state index contributed by atoms with van der Waals surface area (Å²) in [6.07, 6.45) is -0.0513. The van der Waals surface area contributed by atoms with Crippen molar-refractivity contribution >= 4 is 6.09 Å². The maximum absolute atomic E-state index is 13.1. The fourth-order valence-electron chi connectivity index (χ4n) is 2.68. The number of likely N-dealkylation sites (tertiary alicyclic amines) is 1. The lowest BCUT2D eigenvalue weighted by molar-refractivity contribution is 0.0102. The quantitative estimate of drug-likeness (QED) is 0.913. The van der Waals surface area contributed by atoms with Gasteiger partial charge in [0.05, 0.1) is 2.74 Å². The lowest BCUT2D eigenvalue weighted by atomic mass is 9.81. The van der Waals surface area contributed by atoms with Crippen molar-refractivity contribution < 1.29 is 21.8 Å². The Hall–Kier alpha value is -1.62. The number of carbonyl (C=O) groups excluding carboxylic acids is 1. The molecular formula is C17H24FNO3. The lowest BCUT2D eigenvalue weighted by Crippen LogP contribution is -2.46. The van der Waals surface area contributed by atoms with E-state index in [1.807, 2.05) is 0 Å². The molecule has 5 heteroatoms. The van der Waals surface area contributed by atoms with Gasteiger partial charge >= 0.3 is 6.09 Å². The maximum atomic E-state index is 13.1. The van der Waals surface area contributed by atoms with Gasteiger partial charge in [-0.3, -0.25) is 0 Å². The van der Waals surface area contributed by atoms with Crippen molar-refractivity contribution in [2.24, 2.45) is 5.92 Å². The number of nitrogens with zero attached hydrogens (tertiary/aromatic N) is 1. The van der Waals surface area contributed by atoms with Crippen molar-refractivity contribution in [3.8, 4) is 0 Å². The highest BCUT2D eigenvalue weighted by atomic mass is 19.1. The zero-order valence-electron chi connectivity index (χ0n) is 15.2. The smallest absolute Gasteiger partial charge is 0.410 e. The molecule has 1 saturated heterocycles. The molecule has 1 N–H and O–H groups in total. The third kappa shape index (κ3) is 4.19. The number of carbonyl (C=O) groups is 1. The molecule has 1 aliphatic rings. The first kappa shape index (κ1) is 14.0. The van der Waals surface area contributed by atoms with Gasteiger partial charge < -0.3 is 14.7 Å². The third-order valence-corrected chi connectivity index (χ3v) is 3.73. The average Bonchev–Trinajstić information content (AvgIpc) is 2.45. The van der Waals surface area contributed by atoms with Gasteiger partial charge in [0.25, 0.3) is 0 Å². The van der Waals surface area contributed by atoms with Crippen LogP contribution in [0.15, 0.2) is 24.3 Å². The highest BCUT2D eigenvalue weighted by Gasteiger charge is 2.33. The second kappa shape index (κ2) is 6.65. The Balaban J connectivity index is 2.19. The molecule has 0 aromatic heterocycles. The fourth-order valence-corrected chi connectivity index (χ4v) is 2.68. The van der Waals surface area contributed by atoms with Gasteiger partial charge in [0.2, 0.25) is 0 Å². The number of hydrogen-bond acceptors (Lipinski definition) is 3. The molecule has 0 radical (unpaired) electrons. The Kier molecular flexibility index (Phi) is 4.23. The van der Waals surface area contributed by atoms with Crippen molar-refractivity contribution in [1.29, 1.82) is 0 Å². The van der Waals surface area contributed by atoms with E-state index in [4.69, 9.17) is 7.48 Å². The number of aliphatic hydroxyl groups is 1. The molecule has 22 heavy (non-hydrogen) atoms. The van der Waals surface area contributed by atoms with E-state index in [0.717, 1.165) is 5.56 Å². The fraction of sp³-hybridized carbons (Fsp3) is 0.588. The third-order valence-electron chi connectivity index (χ3n) is 3.73. The summed E-state index contributed by atoms with van der Waals surface area (Å²) < 4.78 is 33.9. The van der Waals surface area contributed by atoms with E-state index in [1.54, 1.807) is 32.9 Å². The largest absolute Gasteiger partial charge is 0.444 e. The molecule has 0 unspecified atom stereocenters. The van der Waals surface area contributed by atoms with Crippen molar-refractivity contribution in [2.45, 2.75) is 38.7 Å². The molecule has 1 aromatic rings. The number of amides is 1. The minimum Gasteiger partial charge on any atom is -0.444 e. The summed E-state index contributed by atoms with van der Waals surface area (Å²) in [6.45, 7) is 3.26. The minimum absolute atomic E-state index is 0.0421. The van der Waals surface area contributed by atoms with E-state index in [0.29, 0.717) is 13.0 Å². The molecular weight excluding hydrogens is 285 g/mol. The highest BCUT2D eigenvalue weighted by molar-refractivity contribution is 5.68. The monoisotopic (exact) mass is 311 g/mol. The standard InChI is InChI=1S/C17H24FNO3/c1-17(2,3)22-16(21)19-9-8-15(13(10-19)11-20)12-4-6-14(18)7-5-12/h4-7,13,15,20H,8-11H2,1-3H3/t13-,15-/m0/s1/i11D2. The minimum atomic E-state index is -2.46.